The number of unbranched alkanes of at least 4 members (excludes halogenated alkanes) is 1. The Hall–Kier alpha value is -2.09. The Kier molecular flexibility index (Phi) is 8.51. The van der Waals surface area contributed by atoms with Crippen LogP contribution in [0.3, 0.4) is 0 Å². The summed E-state index contributed by atoms with van der Waals surface area (Å²) in [6.07, 6.45) is 3.34. The van der Waals surface area contributed by atoms with Crippen molar-refractivity contribution in [3.63, 3.8) is 0 Å². The summed E-state index contributed by atoms with van der Waals surface area (Å²) in [7, 11) is 2.16. The van der Waals surface area contributed by atoms with E-state index in [9.17, 15) is 9.90 Å². The Morgan fingerprint density at radius 3 is 2.35 bits per heavy atom. The molecule has 2 heterocycles. The second-order valence-corrected chi connectivity index (χ2v) is 10.4. The summed E-state index contributed by atoms with van der Waals surface area (Å²) in [6, 6.07) is 16.1. The van der Waals surface area contributed by atoms with Gasteiger partial charge in [-0.2, -0.15) is 0 Å². The average Bonchev–Trinajstić information content (AvgIpc) is 2.85. The van der Waals surface area contributed by atoms with Crippen LogP contribution in [0.2, 0.25) is 0 Å². The zero-order valence-corrected chi connectivity index (χ0v) is 21.7. The first-order chi connectivity index (χ1) is 16.4. The molecular weight excluding hydrogens is 494 g/mol. The Morgan fingerprint density at radius 2 is 1.65 bits per heavy atom. The van der Waals surface area contributed by atoms with E-state index >= 15 is 0 Å². The monoisotopic (exact) mass is 529 g/mol. The second kappa shape index (κ2) is 11.6. The molecule has 2 saturated heterocycles. The molecule has 2 aliphatic rings. The van der Waals surface area contributed by atoms with Gasteiger partial charge in [0.2, 0.25) is 5.91 Å². The molecule has 0 aromatic heterocycles. The molecule has 0 spiro atoms. The predicted octanol–water partition coefficient (Wildman–Crippen LogP) is 4.26. The average molecular weight is 531 g/mol. The van der Waals surface area contributed by atoms with Crippen LogP contribution in [-0.4, -0.2) is 73.7 Å². The number of nitrogens with zero attached hydrogens (tertiary/aromatic N) is 3. The number of piperazine rings is 1. The van der Waals surface area contributed by atoms with E-state index in [1.165, 1.54) is 5.69 Å². The molecule has 2 aliphatic heterocycles. The molecule has 0 bridgehead atoms. The van der Waals surface area contributed by atoms with Gasteiger partial charge in [-0.1, -0.05) is 40.2 Å². The normalized spacial score (nSPS) is 18.7. The topological polar surface area (TPSA) is 56.2 Å². The highest BCUT2D eigenvalue weighted by atomic mass is 79.9. The molecule has 0 unspecified atom stereocenters. The summed E-state index contributed by atoms with van der Waals surface area (Å²) >= 11 is 3.44. The number of ether oxygens (including phenoxy) is 1. The van der Waals surface area contributed by atoms with Crippen LogP contribution in [0.25, 0.3) is 0 Å². The van der Waals surface area contributed by atoms with Gasteiger partial charge in [0.05, 0.1) is 17.9 Å². The quantitative estimate of drug-likeness (QED) is 0.517. The van der Waals surface area contributed by atoms with E-state index in [4.69, 9.17) is 4.74 Å². The Morgan fingerprint density at radius 1 is 0.971 bits per heavy atom. The molecule has 34 heavy (non-hydrogen) atoms. The van der Waals surface area contributed by atoms with Gasteiger partial charge in [0.15, 0.2) is 0 Å². The van der Waals surface area contributed by atoms with Crippen molar-refractivity contribution in [1.82, 2.24) is 9.80 Å². The molecule has 0 atom stereocenters. The van der Waals surface area contributed by atoms with Gasteiger partial charge in [0.25, 0.3) is 0 Å². The molecule has 4 rings (SSSR count). The number of carbonyl (C=O) groups excluding carboxylic acids is 1. The highest BCUT2D eigenvalue weighted by molar-refractivity contribution is 9.10. The largest absolute Gasteiger partial charge is 0.491 e. The molecule has 184 valence electrons. The molecule has 1 N–H and O–H groups in total. The summed E-state index contributed by atoms with van der Waals surface area (Å²) < 4.78 is 7.11. The van der Waals surface area contributed by atoms with E-state index in [2.05, 4.69) is 44.9 Å². The Balaban J connectivity index is 1.18. The number of likely N-dealkylation sites (N-methyl/N-ethyl adjacent to an activating group) is 1. The van der Waals surface area contributed by atoms with E-state index in [0.717, 1.165) is 54.8 Å². The lowest BCUT2D eigenvalue weighted by Gasteiger charge is -2.38. The number of likely N-dealkylation sites (tertiary alicyclic amines) is 1. The minimum absolute atomic E-state index is 0.177. The van der Waals surface area contributed by atoms with Crippen molar-refractivity contribution in [2.75, 3.05) is 57.8 Å². The molecule has 2 fully saturated rings. The Bertz CT molecular complexity index is 936. The summed E-state index contributed by atoms with van der Waals surface area (Å²) in [5.74, 6) is 1.11. The number of aliphatic hydroxyl groups is 1. The SMILES string of the molecule is CN1CCN(c2ccccc2OCCCCC(=O)N2CCC(O)(c3ccc(Br)cc3)CC2)CC1. The van der Waals surface area contributed by atoms with Gasteiger partial charge >= 0.3 is 0 Å². The number of benzene rings is 2. The first-order valence-corrected chi connectivity index (χ1v) is 13.2. The van der Waals surface area contributed by atoms with Gasteiger partial charge < -0.3 is 24.5 Å². The van der Waals surface area contributed by atoms with Crippen molar-refractivity contribution in [2.24, 2.45) is 0 Å². The van der Waals surface area contributed by atoms with Crippen LogP contribution in [0, 0.1) is 0 Å². The van der Waals surface area contributed by atoms with Crippen molar-refractivity contribution in [3.05, 3.63) is 58.6 Å². The van der Waals surface area contributed by atoms with E-state index in [0.29, 0.717) is 39.0 Å². The van der Waals surface area contributed by atoms with Gasteiger partial charge in [-0.3, -0.25) is 4.79 Å². The molecule has 0 radical (unpaired) electrons. The number of piperidine rings is 1. The Labute approximate surface area is 211 Å². The van der Waals surface area contributed by atoms with Crippen LogP contribution < -0.4 is 9.64 Å². The van der Waals surface area contributed by atoms with E-state index in [-0.39, 0.29) is 5.91 Å². The molecule has 0 aliphatic carbocycles. The third-order valence-electron chi connectivity index (χ3n) is 7.08. The smallest absolute Gasteiger partial charge is 0.222 e. The number of para-hydroxylation sites is 2. The predicted molar refractivity (Wildman–Crippen MR) is 139 cm³/mol. The number of halogens is 1. The maximum absolute atomic E-state index is 12.7. The van der Waals surface area contributed by atoms with Crippen molar-refractivity contribution in [1.29, 1.82) is 0 Å². The standard InChI is InChI=1S/C27H36BrN3O3/c1-29-17-19-30(20-18-29)24-6-2-3-7-25(24)34-21-5-4-8-26(32)31-15-13-27(33,14-16-31)22-9-11-23(28)12-10-22/h2-3,6-7,9-12,33H,4-5,8,13-21H2,1H3. The lowest BCUT2D eigenvalue weighted by atomic mass is 9.84. The molecule has 2 aromatic carbocycles. The van der Waals surface area contributed by atoms with Gasteiger partial charge in [-0.05, 0) is 62.6 Å². The van der Waals surface area contributed by atoms with Crippen molar-refractivity contribution in [3.8, 4) is 5.75 Å². The fourth-order valence-electron chi connectivity index (χ4n) is 4.78. The highest BCUT2D eigenvalue weighted by Gasteiger charge is 2.35. The summed E-state index contributed by atoms with van der Waals surface area (Å²) in [5, 5.41) is 11.0. The van der Waals surface area contributed by atoms with Crippen LogP contribution in [0.4, 0.5) is 5.69 Å². The van der Waals surface area contributed by atoms with Gasteiger partial charge in [0.1, 0.15) is 5.75 Å². The van der Waals surface area contributed by atoms with Crippen molar-refractivity contribution < 1.29 is 14.6 Å². The van der Waals surface area contributed by atoms with Crippen LogP contribution in [0.5, 0.6) is 5.75 Å². The zero-order chi connectivity index (χ0) is 24.0. The van der Waals surface area contributed by atoms with Gasteiger partial charge in [-0.25, -0.2) is 0 Å². The number of amides is 1. The molecule has 1 amide bonds. The summed E-state index contributed by atoms with van der Waals surface area (Å²) in [4.78, 5) is 19.3. The van der Waals surface area contributed by atoms with E-state index in [1.54, 1.807) is 0 Å². The molecule has 2 aromatic rings. The number of rotatable bonds is 8. The summed E-state index contributed by atoms with van der Waals surface area (Å²) in [6.45, 7) is 5.96. The number of hydrogen-bond acceptors (Lipinski definition) is 5. The van der Waals surface area contributed by atoms with Crippen LogP contribution >= 0.6 is 15.9 Å². The van der Waals surface area contributed by atoms with E-state index in [1.807, 2.05) is 41.3 Å². The number of anilines is 1. The maximum atomic E-state index is 12.7. The number of hydrogen-bond donors (Lipinski definition) is 1. The van der Waals surface area contributed by atoms with Gasteiger partial charge in [-0.15, -0.1) is 0 Å². The lowest BCUT2D eigenvalue weighted by Crippen LogP contribution is -2.45. The molecule has 6 nitrogen and oxygen atoms in total. The third kappa shape index (κ3) is 6.32. The van der Waals surface area contributed by atoms with Crippen LogP contribution in [0.15, 0.2) is 53.0 Å². The minimum Gasteiger partial charge on any atom is -0.491 e. The fourth-order valence-corrected chi connectivity index (χ4v) is 5.05. The first-order valence-electron chi connectivity index (χ1n) is 12.4. The zero-order valence-electron chi connectivity index (χ0n) is 20.1. The highest BCUT2D eigenvalue weighted by Crippen LogP contribution is 2.34. The first kappa shape index (κ1) is 25.0. The van der Waals surface area contributed by atoms with Crippen LogP contribution in [0.1, 0.15) is 37.7 Å². The molecule has 7 heteroatoms. The number of carbonyl (C=O) groups is 1. The third-order valence-corrected chi connectivity index (χ3v) is 7.61. The molecule has 0 saturated carbocycles. The van der Waals surface area contributed by atoms with E-state index < -0.39 is 5.60 Å². The van der Waals surface area contributed by atoms with Crippen molar-refractivity contribution in [2.45, 2.75) is 37.7 Å². The van der Waals surface area contributed by atoms with Crippen LogP contribution in [-0.2, 0) is 10.4 Å². The fraction of sp³-hybridized carbons (Fsp3) is 0.519. The van der Waals surface area contributed by atoms with Crippen molar-refractivity contribution >= 4 is 27.5 Å². The lowest BCUT2D eigenvalue weighted by molar-refractivity contribution is -0.135. The minimum atomic E-state index is -0.845. The van der Waals surface area contributed by atoms with Gasteiger partial charge in [0, 0.05) is 50.2 Å². The summed E-state index contributed by atoms with van der Waals surface area (Å²) in [5.41, 5.74) is 1.25. The molecular formula is C27H36BrN3O3. The maximum Gasteiger partial charge on any atom is 0.222 e. The second-order valence-electron chi connectivity index (χ2n) is 9.48.